The molecule has 34 heavy (non-hydrogen) atoms. The van der Waals surface area contributed by atoms with Crippen LogP contribution in [0.4, 0.5) is 5.13 Å². The Morgan fingerprint density at radius 2 is 1.56 bits per heavy atom. The number of esters is 1. The number of aromatic nitrogens is 1. The Hall–Kier alpha value is -2.99. The molecule has 0 aliphatic carbocycles. The highest BCUT2D eigenvalue weighted by Gasteiger charge is 2.09. The molecule has 0 bridgehead atoms. The van der Waals surface area contributed by atoms with Crippen molar-refractivity contribution in [2.24, 2.45) is 4.99 Å². The van der Waals surface area contributed by atoms with Crippen molar-refractivity contribution < 1.29 is 14.3 Å². The maximum Gasteiger partial charge on any atom is 0.343 e. The van der Waals surface area contributed by atoms with Gasteiger partial charge in [0.1, 0.15) is 11.5 Å². The number of ether oxygens (including phenoxy) is 2. The van der Waals surface area contributed by atoms with Gasteiger partial charge in [-0.1, -0.05) is 51.9 Å². The molecule has 1 heterocycles. The van der Waals surface area contributed by atoms with Crippen molar-refractivity contribution in [2.75, 3.05) is 6.61 Å². The molecule has 0 radical (unpaired) electrons. The van der Waals surface area contributed by atoms with Crippen molar-refractivity contribution in [1.29, 1.82) is 0 Å². The second kappa shape index (κ2) is 14.3. The predicted molar refractivity (Wildman–Crippen MR) is 140 cm³/mol. The van der Waals surface area contributed by atoms with Gasteiger partial charge in [-0.15, -0.1) is 11.3 Å². The van der Waals surface area contributed by atoms with Gasteiger partial charge in [0, 0.05) is 17.3 Å². The summed E-state index contributed by atoms with van der Waals surface area (Å²) in [6, 6.07) is 14.3. The van der Waals surface area contributed by atoms with Crippen LogP contribution in [-0.4, -0.2) is 23.8 Å². The molecule has 180 valence electrons. The van der Waals surface area contributed by atoms with Crippen molar-refractivity contribution in [2.45, 2.75) is 65.2 Å². The SMILES string of the molecule is CCCCCCCCCCOc1ccc(C(=O)Oc2ccc(/C=N/c3ncc(C)s3)cc2)cc1. The van der Waals surface area contributed by atoms with E-state index in [2.05, 4.69) is 16.9 Å². The highest BCUT2D eigenvalue weighted by atomic mass is 32.1. The number of hydrogen-bond donors (Lipinski definition) is 0. The number of hydrogen-bond acceptors (Lipinski definition) is 6. The molecule has 0 spiro atoms. The first-order chi connectivity index (χ1) is 16.6. The van der Waals surface area contributed by atoms with Crippen LogP contribution in [0.3, 0.4) is 0 Å². The minimum Gasteiger partial charge on any atom is -0.494 e. The van der Waals surface area contributed by atoms with Crippen LogP contribution in [0.25, 0.3) is 0 Å². The first-order valence-electron chi connectivity index (χ1n) is 12.2. The zero-order chi connectivity index (χ0) is 24.0. The van der Waals surface area contributed by atoms with Gasteiger partial charge >= 0.3 is 5.97 Å². The van der Waals surface area contributed by atoms with E-state index in [-0.39, 0.29) is 0 Å². The number of rotatable bonds is 14. The summed E-state index contributed by atoms with van der Waals surface area (Å²) in [6.07, 6.45) is 13.7. The van der Waals surface area contributed by atoms with E-state index in [0.717, 1.165) is 27.7 Å². The highest BCUT2D eigenvalue weighted by Crippen LogP contribution is 2.20. The predicted octanol–water partition coefficient (Wildman–Crippen LogP) is 7.94. The minimum absolute atomic E-state index is 0.394. The molecule has 2 aromatic carbocycles. The number of aryl methyl sites for hydroxylation is 1. The summed E-state index contributed by atoms with van der Waals surface area (Å²) >= 11 is 1.54. The van der Waals surface area contributed by atoms with Gasteiger partial charge in [0.15, 0.2) is 0 Å². The number of benzene rings is 2. The van der Waals surface area contributed by atoms with Crippen LogP contribution in [-0.2, 0) is 0 Å². The molecular formula is C28H34N2O3S. The van der Waals surface area contributed by atoms with Crippen LogP contribution >= 0.6 is 11.3 Å². The monoisotopic (exact) mass is 478 g/mol. The van der Waals surface area contributed by atoms with E-state index in [1.165, 1.54) is 56.3 Å². The molecule has 3 rings (SSSR count). The minimum atomic E-state index is -0.394. The van der Waals surface area contributed by atoms with Crippen molar-refractivity contribution >= 4 is 28.7 Å². The van der Waals surface area contributed by atoms with Crippen LogP contribution < -0.4 is 9.47 Å². The fourth-order valence-electron chi connectivity index (χ4n) is 3.43. The van der Waals surface area contributed by atoms with E-state index in [9.17, 15) is 4.79 Å². The Labute approximate surface area is 206 Å². The topological polar surface area (TPSA) is 60.8 Å². The van der Waals surface area contributed by atoms with Crippen molar-refractivity contribution in [3.05, 3.63) is 70.7 Å². The first-order valence-corrected chi connectivity index (χ1v) is 13.0. The number of nitrogens with zero attached hydrogens (tertiary/aromatic N) is 2. The molecule has 0 amide bonds. The van der Waals surface area contributed by atoms with Gasteiger partial charge in [-0.2, -0.15) is 0 Å². The number of thiazole rings is 1. The fraction of sp³-hybridized carbons (Fsp3) is 0.393. The van der Waals surface area contributed by atoms with E-state index in [0.29, 0.717) is 17.9 Å². The van der Waals surface area contributed by atoms with E-state index in [1.54, 1.807) is 36.7 Å². The summed E-state index contributed by atoms with van der Waals surface area (Å²) in [7, 11) is 0. The lowest BCUT2D eigenvalue weighted by atomic mass is 10.1. The van der Waals surface area contributed by atoms with Gasteiger partial charge in [-0.3, -0.25) is 0 Å². The van der Waals surface area contributed by atoms with E-state index >= 15 is 0 Å². The molecule has 1 aromatic heterocycles. The smallest absolute Gasteiger partial charge is 0.343 e. The van der Waals surface area contributed by atoms with Crippen LogP contribution in [0.2, 0.25) is 0 Å². The summed E-state index contributed by atoms with van der Waals surface area (Å²) < 4.78 is 11.3. The van der Waals surface area contributed by atoms with Gasteiger partial charge in [0.2, 0.25) is 5.13 Å². The zero-order valence-corrected chi connectivity index (χ0v) is 21.0. The van der Waals surface area contributed by atoms with E-state index < -0.39 is 5.97 Å². The third-order valence-electron chi connectivity index (χ3n) is 5.38. The Balaban J connectivity index is 1.37. The molecule has 0 saturated heterocycles. The van der Waals surface area contributed by atoms with Gasteiger partial charge in [-0.25, -0.2) is 14.8 Å². The molecule has 0 fully saturated rings. The molecule has 5 nitrogen and oxygen atoms in total. The Kier molecular flexibility index (Phi) is 10.8. The average molecular weight is 479 g/mol. The Morgan fingerprint density at radius 1 is 0.912 bits per heavy atom. The number of carbonyl (C=O) groups is 1. The lowest BCUT2D eigenvalue weighted by Crippen LogP contribution is -2.08. The number of unbranched alkanes of at least 4 members (excludes halogenated alkanes) is 7. The molecule has 0 aliphatic heterocycles. The van der Waals surface area contributed by atoms with Crippen molar-refractivity contribution in [3.8, 4) is 11.5 Å². The molecule has 6 heteroatoms. The highest BCUT2D eigenvalue weighted by molar-refractivity contribution is 7.15. The summed E-state index contributed by atoms with van der Waals surface area (Å²) in [6.45, 7) is 4.95. The molecule has 0 saturated carbocycles. The number of aliphatic imine (C=N–C) groups is 1. The third-order valence-corrected chi connectivity index (χ3v) is 6.20. The third kappa shape index (κ3) is 9.10. The second-order valence-electron chi connectivity index (χ2n) is 8.32. The average Bonchev–Trinajstić information content (AvgIpc) is 3.28. The normalized spacial score (nSPS) is 11.1. The van der Waals surface area contributed by atoms with Crippen LogP contribution in [0.5, 0.6) is 11.5 Å². The fourth-order valence-corrected chi connectivity index (χ4v) is 4.04. The van der Waals surface area contributed by atoms with Crippen LogP contribution in [0.1, 0.15) is 79.1 Å². The van der Waals surface area contributed by atoms with Crippen LogP contribution in [0.15, 0.2) is 59.7 Å². The molecule has 3 aromatic rings. The largest absolute Gasteiger partial charge is 0.494 e. The standard InChI is InChI=1S/C28H34N2O3S/c1-3-4-5-6-7-8-9-10-19-32-25-17-13-24(14-18-25)27(31)33-26-15-11-23(12-16-26)21-30-28-29-20-22(2)34-28/h11-18,20-21H,3-10,19H2,1-2H3/b30-21+. The van der Waals surface area contributed by atoms with Gasteiger partial charge in [0.25, 0.3) is 0 Å². The molecular weight excluding hydrogens is 444 g/mol. The van der Waals surface area contributed by atoms with E-state index in [4.69, 9.17) is 9.47 Å². The summed E-state index contributed by atoms with van der Waals surface area (Å²) in [5.74, 6) is 0.870. The summed E-state index contributed by atoms with van der Waals surface area (Å²) in [5, 5.41) is 0.721. The number of carbonyl (C=O) groups excluding carboxylic acids is 1. The van der Waals surface area contributed by atoms with Gasteiger partial charge < -0.3 is 9.47 Å². The van der Waals surface area contributed by atoms with Gasteiger partial charge in [0.05, 0.1) is 12.2 Å². The Bertz CT molecular complexity index is 1030. The molecule has 0 N–H and O–H groups in total. The van der Waals surface area contributed by atoms with Gasteiger partial charge in [-0.05, 0) is 67.4 Å². The van der Waals surface area contributed by atoms with Crippen molar-refractivity contribution in [1.82, 2.24) is 4.98 Å². The second-order valence-corrected chi connectivity index (χ2v) is 9.53. The molecule has 0 aliphatic rings. The van der Waals surface area contributed by atoms with Crippen molar-refractivity contribution in [3.63, 3.8) is 0 Å². The zero-order valence-electron chi connectivity index (χ0n) is 20.2. The lowest BCUT2D eigenvalue weighted by Gasteiger charge is -2.08. The first kappa shape index (κ1) is 25.6. The quantitative estimate of drug-likeness (QED) is 0.102. The van der Waals surface area contributed by atoms with E-state index in [1.807, 2.05) is 31.2 Å². The molecule has 0 unspecified atom stereocenters. The molecule has 0 atom stereocenters. The Morgan fingerprint density at radius 3 is 2.21 bits per heavy atom. The maximum absolute atomic E-state index is 12.5. The lowest BCUT2D eigenvalue weighted by molar-refractivity contribution is 0.0734. The summed E-state index contributed by atoms with van der Waals surface area (Å²) in [5.41, 5.74) is 1.40. The summed E-state index contributed by atoms with van der Waals surface area (Å²) in [4.78, 5) is 22.1. The maximum atomic E-state index is 12.5. The van der Waals surface area contributed by atoms with Crippen LogP contribution in [0, 0.1) is 6.92 Å².